The van der Waals surface area contributed by atoms with E-state index < -0.39 is 11.8 Å². The minimum absolute atomic E-state index is 0.0536. The lowest BCUT2D eigenvalue weighted by atomic mass is 10.2. The summed E-state index contributed by atoms with van der Waals surface area (Å²) in [4.78, 5) is 28.7. The van der Waals surface area contributed by atoms with Crippen molar-refractivity contribution < 1.29 is 24.2 Å². The molecular weight excluding hydrogens is 240 g/mol. The van der Waals surface area contributed by atoms with Crippen molar-refractivity contribution in [3.8, 4) is 11.6 Å². The number of aromatic amines is 1. The molecule has 0 aliphatic carbocycles. The van der Waals surface area contributed by atoms with E-state index in [0.717, 1.165) is 0 Å². The first-order valence-electron chi connectivity index (χ1n) is 4.95. The molecule has 7 heteroatoms. The highest BCUT2D eigenvalue weighted by Gasteiger charge is 2.20. The molecule has 0 aliphatic rings. The molecule has 0 saturated carbocycles. The van der Waals surface area contributed by atoms with Crippen LogP contribution in [-0.4, -0.2) is 41.0 Å². The third-order valence-electron chi connectivity index (χ3n) is 2.45. The Morgan fingerprint density at radius 2 is 2.06 bits per heavy atom. The van der Waals surface area contributed by atoms with Gasteiger partial charge in [0.05, 0.1) is 26.1 Å². The number of aliphatic carboxylic acids is 1. The highest BCUT2D eigenvalue weighted by Crippen LogP contribution is 2.31. The second kappa shape index (κ2) is 4.36. The number of nitrogens with zero attached hydrogens (tertiary/aromatic N) is 1. The van der Waals surface area contributed by atoms with E-state index in [-0.39, 0.29) is 11.6 Å². The number of hydrogen-bond acceptors (Lipinski definition) is 5. The fourth-order valence-corrected chi connectivity index (χ4v) is 1.62. The number of H-pyrrole nitrogens is 1. The molecule has 2 rings (SSSR count). The molecule has 0 aliphatic heterocycles. The molecule has 0 atom stereocenters. The summed E-state index contributed by atoms with van der Waals surface area (Å²) in [5.74, 6) is -1.88. The van der Waals surface area contributed by atoms with Crippen LogP contribution < -0.4 is 9.47 Å². The zero-order valence-electron chi connectivity index (χ0n) is 9.68. The summed E-state index contributed by atoms with van der Waals surface area (Å²) in [6.07, 6.45) is 1.43. The Hall–Kier alpha value is -2.57. The number of aromatic nitrogens is 2. The molecule has 0 saturated heterocycles. The Morgan fingerprint density at radius 1 is 1.33 bits per heavy atom. The number of Topliss-reactive ketones (excluding diaryl/α,β-unsaturated/α-hetero) is 1. The maximum Gasteiger partial charge on any atom is 0.378 e. The molecule has 7 nitrogen and oxygen atoms in total. The first-order valence-corrected chi connectivity index (χ1v) is 4.95. The molecule has 2 heterocycles. The Morgan fingerprint density at radius 3 is 2.61 bits per heavy atom. The lowest BCUT2D eigenvalue weighted by Gasteiger charge is -2.03. The van der Waals surface area contributed by atoms with E-state index in [1.54, 1.807) is 0 Å². The second-order valence-electron chi connectivity index (χ2n) is 3.44. The number of ether oxygens (including phenoxy) is 2. The van der Waals surface area contributed by atoms with Crippen molar-refractivity contribution in [2.45, 2.75) is 0 Å². The van der Waals surface area contributed by atoms with Gasteiger partial charge < -0.3 is 19.6 Å². The number of nitrogens with one attached hydrogen (secondary N) is 1. The topological polar surface area (TPSA) is 102 Å². The van der Waals surface area contributed by atoms with E-state index in [0.29, 0.717) is 16.7 Å². The van der Waals surface area contributed by atoms with Crippen LogP contribution in [0.1, 0.15) is 10.5 Å². The van der Waals surface area contributed by atoms with Gasteiger partial charge in [0.15, 0.2) is 0 Å². The first kappa shape index (κ1) is 11.9. The van der Waals surface area contributed by atoms with Crippen LogP contribution in [-0.2, 0) is 4.79 Å². The van der Waals surface area contributed by atoms with Crippen LogP contribution in [0.3, 0.4) is 0 Å². The average Bonchev–Trinajstić information content (AvgIpc) is 2.81. The summed E-state index contributed by atoms with van der Waals surface area (Å²) < 4.78 is 10.1. The van der Waals surface area contributed by atoms with E-state index in [1.165, 1.54) is 26.5 Å². The maximum absolute atomic E-state index is 11.4. The van der Waals surface area contributed by atoms with Crippen molar-refractivity contribution in [1.82, 2.24) is 9.97 Å². The van der Waals surface area contributed by atoms with Crippen molar-refractivity contribution in [3.63, 3.8) is 0 Å². The predicted octanol–water partition coefficient (Wildman–Crippen LogP) is 0.847. The summed E-state index contributed by atoms with van der Waals surface area (Å²) in [6.45, 7) is 0. The van der Waals surface area contributed by atoms with Crippen molar-refractivity contribution in [2.75, 3.05) is 14.2 Å². The highest BCUT2D eigenvalue weighted by molar-refractivity contribution is 6.39. The molecule has 2 aromatic rings. The number of ketones is 1. The van der Waals surface area contributed by atoms with Gasteiger partial charge in [-0.05, 0) is 6.07 Å². The van der Waals surface area contributed by atoms with Crippen LogP contribution in [0.4, 0.5) is 0 Å². The molecule has 0 bridgehead atoms. The number of carbonyl (C=O) groups is 2. The monoisotopic (exact) mass is 250 g/mol. The number of fused-ring (bicyclic) bond motifs is 1. The third kappa shape index (κ3) is 1.75. The lowest BCUT2D eigenvalue weighted by Crippen LogP contribution is -2.12. The number of rotatable bonds is 4. The van der Waals surface area contributed by atoms with E-state index in [1.807, 2.05) is 0 Å². The molecule has 0 spiro atoms. The average molecular weight is 250 g/mol. The standard InChI is InChI=1S/C11H10N2O5/c1-17-7-4-12-10(18-2)8-5(7)3-6(13-8)9(14)11(15)16/h3-4,13H,1-2H3,(H,15,16). The number of carboxylic acid groups (broad SMARTS) is 1. The maximum atomic E-state index is 11.4. The molecule has 0 aromatic carbocycles. The smallest absolute Gasteiger partial charge is 0.378 e. The van der Waals surface area contributed by atoms with Gasteiger partial charge in [-0.15, -0.1) is 0 Å². The highest BCUT2D eigenvalue weighted by atomic mass is 16.5. The number of carbonyl (C=O) groups excluding carboxylic acids is 1. The van der Waals surface area contributed by atoms with Gasteiger partial charge in [-0.3, -0.25) is 4.79 Å². The van der Waals surface area contributed by atoms with Gasteiger partial charge in [0, 0.05) is 5.39 Å². The molecule has 0 radical (unpaired) electrons. The van der Waals surface area contributed by atoms with E-state index >= 15 is 0 Å². The first-order chi connectivity index (χ1) is 8.58. The van der Waals surface area contributed by atoms with Gasteiger partial charge >= 0.3 is 5.97 Å². The largest absolute Gasteiger partial charge is 0.494 e. The Balaban J connectivity index is 2.68. The van der Waals surface area contributed by atoms with Crippen molar-refractivity contribution in [2.24, 2.45) is 0 Å². The summed E-state index contributed by atoms with van der Waals surface area (Å²) >= 11 is 0. The zero-order valence-corrected chi connectivity index (χ0v) is 9.68. The molecule has 18 heavy (non-hydrogen) atoms. The van der Waals surface area contributed by atoms with Crippen molar-refractivity contribution in [3.05, 3.63) is 18.0 Å². The molecule has 2 aromatic heterocycles. The molecular formula is C11H10N2O5. The Bertz CT molecular complexity index is 591. The van der Waals surface area contributed by atoms with Crippen molar-refractivity contribution >= 4 is 22.7 Å². The predicted molar refractivity (Wildman–Crippen MR) is 61.2 cm³/mol. The van der Waals surface area contributed by atoms with Crippen LogP contribution in [0.15, 0.2) is 12.3 Å². The quantitative estimate of drug-likeness (QED) is 0.616. The van der Waals surface area contributed by atoms with Gasteiger partial charge in [-0.2, -0.15) is 0 Å². The van der Waals surface area contributed by atoms with Gasteiger partial charge in [0.25, 0.3) is 5.78 Å². The summed E-state index contributed by atoms with van der Waals surface area (Å²) in [5, 5.41) is 9.20. The molecule has 94 valence electrons. The summed E-state index contributed by atoms with van der Waals surface area (Å²) in [6, 6.07) is 1.40. The van der Waals surface area contributed by atoms with E-state index in [9.17, 15) is 9.59 Å². The molecule has 2 N–H and O–H groups in total. The third-order valence-corrected chi connectivity index (χ3v) is 2.45. The number of methoxy groups -OCH3 is 2. The van der Waals surface area contributed by atoms with Gasteiger partial charge in [-0.25, -0.2) is 9.78 Å². The molecule has 0 unspecified atom stereocenters. The summed E-state index contributed by atoms with van der Waals surface area (Å²) in [7, 11) is 2.88. The van der Waals surface area contributed by atoms with Crippen LogP contribution in [0.25, 0.3) is 10.9 Å². The van der Waals surface area contributed by atoms with Crippen LogP contribution >= 0.6 is 0 Å². The lowest BCUT2D eigenvalue weighted by molar-refractivity contribution is -0.131. The second-order valence-corrected chi connectivity index (χ2v) is 3.44. The Kier molecular flexibility index (Phi) is 2.88. The van der Waals surface area contributed by atoms with Gasteiger partial charge in [-0.1, -0.05) is 0 Å². The minimum atomic E-state index is -1.53. The summed E-state index contributed by atoms with van der Waals surface area (Å²) in [5.41, 5.74) is 0.364. The SMILES string of the molecule is COc1cnc(OC)c2[nH]c(C(=O)C(=O)O)cc12. The zero-order chi connectivity index (χ0) is 13.3. The number of carboxylic acids is 1. The van der Waals surface area contributed by atoms with Gasteiger partial charge in [0.2, 0.25) is 5.88 Å². The van der Waals surface area contributed by atoms with Crippen molar-refractivity contribution in [1.29, 1.82) is 0 Å². The van der Waals surface area contributed by atoms with Crippen LogP contribution in [0.5, 0.6) is 11.6 Å². The fourth-order valence-electron chi connectivity index (χ4n) is 1.62. The van der Waals surface area contributed by atoms with E-state index in [2.05, 4.69) is 9.97 Å². The fraction of sp³-hybridized carbons (Fsp3) is 0.182. The Labute approximate surface area is 101 Å². The van der Waals surface area contributed by atoms with E-state index in [4.69, 9.17) is 14.6 Å². The number of pyridine rings is 1. The molecule has 0 amide bonds. The van der Waals surface area contributed by atoms with Crippen LogP contribution in [0, 0.1) is 0 Å². The van der Waals surface area contributed by atoms with Gasteiger partial charge in [0.1, 0.15) is 11.3 Å². The minimum Gasteiger partial charge on any atom is -0.494 e. The van der Waals surface area contributed by atoms with Crippen LogP contribution in [0.2, 0.25) is 0 Å². The molecule has 0 fully saturated rings. The number of hydrogen-bond donors (Lipinski definition) is 2. The normalized spacial score (nSPS) is 10.3.